The van der Waals surface area contributed by atoms with Gasteiger partial charge in [-0.15, -0.1) is 5.10 Å². The maximum Gasteiger partial charge on any atom is 0.293 e. The monoisotopic (exact) mass is 478 g/mol. The van der Waals surface area contributed by atoms with Crippen LogP contribution in [0.25, 0.3) is 0 Å². The zero-order valence-electron chi connectivity index (χ0n) is 16.6. The fourth-order valence-electron chi connectivity index (χ4n) is 3.00. The smallest absolute Gasteiger partial charge is 0.293 e. The minimum atomic E-state index is -0.467. The number of furan rings is 1. The molecule has 3 aromatic heterocycles. The molecule has 4 rings (SSSR count). The molecular weight excluding hydrogens is 463 g/mol. The fraction of sp³-hybridized carbons (Fsp3) is 0.200. The van der Waals surface area contributed by atoms with Gasteiger partial charge in [0.05, 0.1) is 29.5 Å². The first-order valence-electron chi connectivity index (χ1n) is 9.23. The number of aryl methyl sites for hydroxylation is 1. The molecule has 0 unspecified atom stereocenters. The van der Waals surface area contributed by atoms with Gasteiger partial charge in [-0.2, -0.15) is 5.10 Å². The number of carbonyl (C=O) groups is 1. The quantitative estimate of drug-likeness (QED) is 0.420. The molecule has 1 amide bonds. The Morgan fingerprint density at radius 2 is 1.81 bits per heavy atom. The van der Waals surface area contributed by atoms with Crippen molar-refractivity contribution in [1.82, 2.24) is 24.5 Å². The number of aromatic nitrogens is 5. The van der Waals surface area contributed by atoms with Crippen molar-refractivity contribution in [1.29, 1.82) is 0 Å². The number of rotatable bonds is 6. The lowest BCUT2D eigenvalue weighted by Gasteiger charge is -2.06. The molecule has 0 aliphatic heterocycles. The minimum Gasteiger partial charge on any atom is -0.454 e. The second kappa shape index (κ2) is 8.74. The van der Waals surface area contributed by atoms with E-state index in [9.17, 15) is 4.79 Å². The van der Waals surface area contributed by atoms with Crippen LogP contribution in [0.2, 0.25) is 15.1 Å². The van der Waals surface area contributed by atoms with E-state index in [1.54, 1.807) is 35.0 Å². The third-order valence-corrected chi connectivity index (χ3v) is 5.88. The predicted octanol–water partition coefficient (Wildman–Crippen LogP) is 4.99. The number of hydrogen-bond acceptors (Lipinski definition) is 5. The molecule has 0 bridgehead atoms. The summed E-state index contributed by atoms with van der Waals surface area (Å²) < 4.78 is 8.90. The van der Waals surface area contributed by atoms with Crippen LogP contribution >= 0.6 is 34.8 Å². The van der Waals surface area contributed by atoms with E-state index < -0.39 is 5.91 Å². The molecule has 0 aliphatic rings. The topological polar surface area (TPSA) is 90.8 Å². The average Bonchev–Trinajstić information content (AvgIpc) is 3.43. The molecule has 0 saturated carbocycles. The third-order valence-electron chi connectivity index (χ3n) is 4.63. The molecule has 11 heteroatoms. The Morgan fingerprint density at radius 3 is 2.48 bits per heavy atom. The normalized spacial score (nSPS) is 11.1. The van der Waals surface area contributed by atoms with E-state index in [4.69, 9.17) is 39.2 Å². The van der Waals surface area contributed by atoms with Crippen molar-refractivity contribution in [2.45, 2.75) is 26.9 Å². The van der Waals surface area contributed by atoms with Crippen LogP contribution in [0.3, 0.4) is 0 Å². The highest BCUT2D eigenvalue weighted by atomic mass is 35.5. The Kier molecular flexibility index (Phi) is 6.04. The van der Waals surface area contributed by atoms with Gasteiger partial charge in [-0.3, -0.25) is 14.8 Å². The lowest BCUT2D eigenvalue weighted by Crippen LogP contribution is -2.13. The second-order valence-corrected chi connectivity index (χ2v) is 8.02. The summed E-state index contributed by atoms with van der Waals surface area (Å²) in [6.45, 7) is 4.38. The van der Waals surface area contributed by atoms with Crippen LogP contribution in [0.15, 0.2) is 41.1 Å². The van der Waals surface area contributed by atoms with Crippen LogP contribution in [0.1, 0.15) is 33.3 Å². The molecule has 0 saturated heterocycles. The van der Waals surface area contributed by atoms with Gasteiger partial charge in [-0.25, -0.2) is 9.67 Å². The van der Waals surface area contributed by atoms with Crippen LogP contribution < -0.4 is 5.32 Å². The van der Waals surface area contributed by atoms with Crippen LogP contribution in [0, 0.1) is 13.8 Å². The minimum absolute atomic E-state index is 0.133. The second-order valence-electron chi connectivity index (χ2n) is 6.83. The van der Waals surface area contributed by atoms with Crippen molar-refractivity contribution >= 4 is 46.7 Å². The first-order valence-corrected chi connectivity index (χ1v) is 10.4. The van der Waals surface area contributed by atoms with Gasteiger partial charge in [0.25, 0.3) is 5.91 Å². The number of carbonyl (C=O) groups excluding carboxylic acids is 1. The maximum atomic E-state index is 12.5. The molecule has 0 atom stereocenters. The van der Waals surface area contributed by atoms with Gasteiger partial charge in [0.15, 0.2) is 5.76 Å². The van der Waals surface area contributed by atoms with Gasteiger partial charge in [0.2, 0.25) is 5.95 Å². The summed E-state index contributed by atoms with van der Waals surface area (Å²) in [5.41, 5.74) is 2.28. The first-order chi connectivity index (χ1) is 14.8. The molecule has 0 fully saturated rings. The lowest BCUT2D eigenvalue weighted by molar-refractivity contribution is 0.0993. The lowest BCUT2D eigenvalue weighted by atomic mass is 10.2. The first kappa shape index (κ1) is 21.4. The molecular formula is C20H17Cl3N6O2. The number of anilines is 1. The number of benzene rings is 1. The van der Waals surface area contributed by atoms with E-state index in [-0.39, 0.29) is 11.7 Å². The molecule has 0 spiro atoms. The third kappa shape index (κ3) is 4.61. The molecule has 31 heavy (non-hydrogen) atoms. The highest BCUT2D eigenvalue weighted by molar-refractivity contribution is 6.36. The van der Waals surface area contributed by atoms with Crippen molar-refractivity contribution in [2.24, 2.45) is 0 Å². The SMILES string of the molecule is Cc1nn(Cc2ccc(C(=O)Nc3ncn(Cc4c(Cl)cccc4Cl)n3)o2)c(C)c1Cl. The van der Waals surface area contributed by atoms with Crippen molar-refractivity contribution in [3.05, 3.63) is 80.2 Å². The molecule has 3 heterocycles. The zero-order chi connectivity index (χ0) is 22.1. The van der Waals surface area contributed by atoms with E-state index in [2.05, 4.69) is 20.5 Å². The van der Waals surface area contributed by atoms with E-state index >= 15 is 0 Å². The van der Waals surface area contributed by atoms with Gasteiger partial charge in [-0.05, 0) is 38.1 Å². The summed E-state index contributed by atoms with van der Waals surface area (Å²) >= 11 is 18.6. The van der Waals surface area contributed by atoms with Crippen molar-refractivity contribution in [3.63, 3.8) is 0 Å². The fourth-order valence-corrected chi connectivity index (χ4v) is 3.65. The van der Waals surface area contributed by atoms with E-state index in [1.807, 2.05) is 13.8 Å². The summed E-state index contributed by atoms with van der Waals surface area (Å²) in [5.74, 6) is 0.370. The molecule has 8 nitrogen and oxygen atoms in total. The molecule has 4 aromatic rings. The molecule has 0 radical (unpaired) electrons. The highest BCUT2D eigenvalue weighted by Gasteiger charge is 2.16. The van der Waals surface area contributed by atoms with E-state index in [0.717, 1.165) is 11.4 Å². The maximum absolute atomic E-state index is 12.5. The Hall–Kier alpha value is -2.81. The number of nitrogens with one attached hydrogen (secondary N) is 1. The number of nitrogens with zero attached hydrogens (tertiary/aromatic N) is 5. The molecule has 1 N–H and O–H groups in total. The van der Waals surface area contributed by atoms with Crippen LogP contribution in [0.5, 0.6) is 0 Å². The van der Waals surface area contributed by atoms with Gasteiger partial charge in [0.1, 0.15) is 12.1 Å². The van der Waals surface area contributed by atoms with Gasteiger partial charge < -0.3 is 4.42 Å². The number of halogens is 3. The Morgan fingerprint density at radius 1 is 1.06 bits per heavy atom. The van der Waals surface area contributed by atoms with Crippen molar-refractivity contribution in [3.8, 4) is 0 Å². The Bertz CT molecular complexity index is 1240. The summed E-state index contributed by atoms with van der Waals surface area (Å²) in [6, 6.07) is 8.55. The Labute approximate surface area is 192 Å². The number of hydrogen-bond donors (Lipinski definition) is 1. The van der Waals surface area contributed by atoms with Gasteiger partial charge in [0, 0.05) is 15.6 Å². The van der Waals surface area contributed by atoms with E-state index in [1.165, 1.54) is 11.0 Å². The van der Waals surface area contributed by atoms with Crippen LogP contribution in [-0.4, -0.2) is 30.5 Å². The average molecular weight is 480 g/mol. The molecule has 160 valence electrons. The van der Waals surface area contributed by atoms with Gasteiger partial charge in [-0.1, -0.05) is 40.9 Å². The number of amides is 1. The standard InChI is InChI=1S/C20H17Cl3N6O2/c1-11-18(23)12(2)29(26-11)8-13-6-7-17(31-13)19(30)25-20-24-10-28(27-20)9-14-15(21)4-3-5-16(14)22/h3-7,10H,8-9H2,1-2H3,(H,25,27,30). The molecule has 0 aliphatic carbocycles. The molecule has 1 aromatic carbocycles. The van der Waals surface area contributed by atoms with Crippen molar-refractivity contribution in [2.75, 3.05) is 5.32 Å². The highest BCUT2D eigenvalue weighted by Crippen LogP contribution is 2.25. The van der Waals surface area contributed by atoms with E-state index in [0.29, 0.717) is 39.5 Å². The predicted molar refractivity (Wildman–Crippen MR) is 118 cm³/mol. The summed E-state index contributed by atoms with van der Waals surface area (Å²) in [7, 11) is 0. The van der Waals surface area contributed by atoms with Crippen LogP contribution in [0.4, 0.5) is 5.95 Å². The zero-order valence-corrected chi connectivity index (χ0v) is 18.8. The van der Waals surface area contributed by atoms with Gasteiger partial charge >= 0.3 is 0 Å². The van der Waals surface area contributed by atoms with Crippen LogP contribution in [-0.2, 0) is 13.1 Å². The summed E-state index contributed by atoms with van der Waals surface area (Å²) in [4.78, 5) is 16.6. The summed E-state index contributed by atoms with van der Waals surface area (Å²) in [5, 5.41) is 12.9. The Balaban J connectivity index is 1.42. The largest absolute Gasteiger partial charge is 0.454 e. The van der Waals surface area contributed by atoms with Crippen molar-refractivity contribution < 1.29 is 9.21 Å². The summed E-state index contributed by atoms with van der Waals surface area (Å²) in [6.07, 6.45) is 1.48.